The van der Waals surface area contributed by atoms with Crippen molar-refractivity contribution in [2.75, 3.05) is 6.54 Å². The second-order valence-corrected chi connectivity index (χ2v) is 5.13. The average Bonchev–Trinajstić information content (AvgIpc) is 2.89. The van der Waals surface area contributed by atoms with Gasteiger partial charge in [-0.3, -0.25) is 0 Å². The minimum absolute atomic E-state index is 0.434. The summed E-state index contributed by atoms with van der Waals surface area (Å²) in [6, 6.07) is 13.2. The van der Waals surface area contributed by atoms with E-state index in [-0.39, 0.29) is 0 Å². The van der Waals surface area contributed by atoms with Crippen LogP contribution in [0.4, 0.5) is 0 Å². The topological polar surface area (TPSA) is 17.0 Å². The summed E-state index contributed by atoms with van der Waals surface area (Å²) in [5, 5.41) is 3.56. The molecule has 0 aliphatic heterocycles. The molecule has 102 valence electrons. The average molecular weight is 256 g/mol. The third-order valence-electron chi connectivity index (χ3n) is 3.46. The molecular weight excluding hydrogens is 232 g/mol. The van der Waals surface area contributed by atoms with E-state index in [1.54, 1.807) is 0 Å². The first-order valence-corrected chi connectivity index (χ1v) is 7.22. The first kappa shape index (κ1) is 13.9. The van der Waals surface area contributed by atoms with E-state index in [9.17, 15) is 0 Å². The van der Waals surface area contributed by atoms with Gasteiger partial charge in [-0.2, -0.15) is 0 Å². The van der Waals surface area contributed by atoms with Crippen LogP contribution in [0.15, 0.2) is 48.8 Å². The quantitative estimate of drug-likeness (QED) is 0.741. The van der Waals surface area contributed by atoms with Crippen LogP contribution in [0.2, 0.25) is 0 Å². The molecule has 0 amide bonds. The summed E-state index contributed by atoms with van der Waals surface area (Å²) in [4.78, 5) is 0. The lowest BCUT2D eigenvalue weighted by Crippen LogP contribution is -2.19. The van der Waals surface area contributed by atoms with E-state index in [1.165, 1.54) is 24.0 Å². The summed E-state index contributed by atoms with van der Waals surface area (Å²) in [6.07, 6.45) is 6.90. The fourth-order valence-corrected chi connectivity index (χ4v) is 2.22. The maximum Gasteiger partial charge on any atom is 0.0470 e. The number of rotatable bonds is 7. The largest absolute Gasteiger partial charge is 0.350 e. The minimum Gasteiger partial charge on any atom is -0.350 e. The van der Waals surface area contributed by atoms with Crippen LogP contribution in [0.3, 0.4) is 0 Å². The molecule has 2 rings (SSSR count). The zero-order valence-corrected chi connectivity index (χ0v) is 12.0. The molecule has 1 heterocycles. The second-order valence-electron chi connectivity index (χ2n) is 5.13. The number of nitrogens with zero attached hydrogens (tertiary/aromatic N) is 1. The van der Waals surface area contributed by atoms with E-state index in [4.69, 9.17) is 0 Å². The van der Waals surface area contributed by atoms with Crippen molar-refractivity contribution in [3.05, 3.63) is 59.9 Å². The van der Waals surface area contributed by atoms with Crippen LogP contribution in [0.25, 0.3) is 0 Å². The number of aromatic nitrogens is 1. The molecule has 1 aromatic carbocycles. The molecule has 0 saturated carbocycles. The van der Waals surface area contributed by atoms with Crippen LogP contribution in [0, 0.1) is 0 Å². The second kappa shape index (κ2) is 7.15. The van der Waals surface area contributed by atoms with Crippen molar-refractivity contribution in [1.82, 2.24) is 9.88 Å². The molecule has 0 aliphatic carbocycles. The van der Waals surface area contributed by atoms with Crippen LogP contribution < -0.4 is 5.32 Å². The number of benzene rings is 1. The zero-order valence-electron chi connectivity index (χ0n) is 12.0. The Morgan fingerprint density at radius 1 is 1.16 bits per heavy atom. The highest BCUT2D eigenvalue weighted by atomic mass is 15.0. The summed E-state index contributed by atoms with van der Waals surface area (Å²) in [5.74, 6) is 0. The number of hydrogen-bond acceptors (Lipinski definition) is 1. The van der Waals surface area contributed by atoms with Crippen LogP contribution in [0.5, 0.6) is 0 Å². The van der Waals surface area contributed by atoms with Gasteiger partial charge in [0.25, 0.3) is 0 Å². The monoisotopic (exact) mass is 256 g/mol. The van der Waals surface area contributed by atoms with Gasteiger partial charge in [-0.25, -0.2) is 0 Å². The van der Waals surface area contributed by atoms with Crippen LogP contribution in [0.1, 0.15) is 43.9 Å². The van der Waals surface area contributed by atoms with E-state index in [1.807, 2.05) is 0 Å². The molecule has 0 saturated heterocycles. The SMILES string of the molecule is CCCCN[C@H](C)c1ccn(Cc2ccccc2)c1. The van der Waals surface area contributed by atoms with Gasteiger partial charge >= 0.3 is 0 Å². The molecule has 0 spiro atoms. The molecule has 1 aromatic heterocycles. The molecule has 1 N–H and O–H groups in total. The molecule has 2 aromatic rings. The van der Waals surface area contributed by atoms with Crippen molar-refractivity contribution in [3.63, 3.8) is 0 Å². The lowest BCUT2D eigenvalue weighted by molar-refractivity contribution is 0.553. The highest BCUT2D eigenvalue weighted by Gasteiger charge is 2.06. The summed E-state index contributed by atoms with van der Waals surface area (Å²) >= 11 is 0. The van der Waals surface area contributed by atoms with Gasteiger partial charge < -0.3 is 9.88 Å². The Kier molecular flexibility index (Phi) is 5.22. The van der Waals surface area contributed by atoms with Gasteiger partial charge in [0.05, 0.1) is 0 Å². The summed E-state index contributed by atoms with van der Waals surface area (Å²) in [6.45, 7) is 6.50. The highest BCUT2D eigenvalue weighted by molar-refractivity contribution is 5.19. The van der Waals surface area contributed by atoms with E-state index in [0.29, 0.717) is 6.04 Å². The normalized spacial score (nSPS) is 12.5. The van der Waals surface area contributed by atoms with Gasteiger partial charge in [0.1, 0.15) is 0 Å². The Hall–Kier alpha value is -1.54. The molecule has 2 heteroatoms. The van der Waals surface area contributed by atoms with E-state index in [0.717, 1.165) is 13.1 Å². The van der Waals surface area contributed by atoms with Crippen molar-refractivity contribution in [2.24, 2.45) is 0 Å². The van der Waals surface area contributed by atoms with Crippen LogP contribution in [-0.4, -0.2) is 11.1 Å². The summed E-state index contributed by atoms with van der Waals surface area (Å²) in [7, 11) is 0. The molecule has 0 bridgehead atoms. The van der Waals surface area contributed by atoms with E-state index >= 15 is 0 Å². The first-order valence-electron chi connectivity index (χ1n) is 7.22. The Morgan fingerprint density at radius 3 is 2.68 bits per heavy atom. The van der Waals surface area contributed by atoms with Gasteiger partial charge in [-0.05, 0) is 37.1 Å². The summed E-state index contributed by atoms with van der Waals surface area (Å²) in [5.41, 5.74) is 2.71. The lowest BCUT2D eigenvalue weighted by atomic mass is 10.2. The first-order chi connectivity index (χ1) is 9.29. The van der Waals surface area contributed by atoms with E-state index in [2.05, 4.69) is 72.5 Å². The molecule has 0 unspecified atom stereocenters. The van der Waals surface area contributed by atoms with Gasteiger partial charge in [0.2, 0.25) is 0 Å². The van der Waals surface area contributed by atoms with Gasteiger partial charge in [-0.15, -0.1) is 0 Å². The van der Waals surface area contributed by atoms with Gasteiger partial charge in [0, 0.05) is 25.0 Å². The highest BCUT2D eigenvalue weighted by Crippen LogP contribution is 2.14. The Labute approximate surface area is 116 Å². The molecule has 0 aliphatic rings. The third kappa shape index (κ3) is 4.25. The molecule has 19 heavy (non-hydrogen) atoms. The molecule has 0 radical (unpaired) electrons. The predicted octanol–water partition coefficient (Wildman–Crippen LogP) is 3.99. The fourth-order valence-electron chi connectivity index (χ4n) is 2.22. The smallest absolute Gasteiger partial charge is 0.0470 e. The molecule has 2 nitrogen and oxygen atoms in total. The number of hydrogen-bond donors (Lipinski definition) is 1. The number of nitrogens with one attached hydrogen (secondary N) is 1. The Morgan fingerprint density at radius 2 is 1.95 bits per heavy atom. The molecular formula is C17H24N2. The van der Waals surface area contributed by atoms with Gasteiger partial charge in [0.15, 0.2) is 0 Å². The minimum atomic E-state index is 0.434. The maximum atomic E-state index is 3.56. The van der Waals surface area contributed by atoms with Crippen molar-refractivity contribution in [3.8, 4) is 0 Å². The molecule has 0 fully saturated rings. The van der Waals surface area contributed by atoms with Crippen molar-refractivity contribution < 1.29 is 0 Å². The lowest BCUT2D eigenvalue weighted by Gasteiger charge is -2.11. The van der Waals surface area contributed by atoms with Gasteiger partial charge in [-0.1, -0.05) is 43.7 Å². The predicted molar refractivity (Wildman–Crippen MR) is 81.3 cm³/mol. The van der Waals surface area contributed by atoms with E-state index < -0.39 is 0 Å². The Bertz CT molecular complexity index is 473. The Balaban J connectivity index is 1.91. The number of unbranched alkanes of at least 4 members (excludes halogenated alkanes) is 1. The van der Waals surface area contributed by atoms with Crippen molar-refractivity contribution in [1.29, 1.82) is 0 Å². The maximum absolute atomic E-state index is 3.56. The standard InChI is InChI=1S/C17H24N2/c1-3-4-11-18-15(2)17-10-12-19(14-17)13-16-8-6-5-7-9-16/h5-10,12,14-15,18H,3-4,11,13H2,1-2H3/t15-/m1/s1. The fraction of sp³-hybridized carbons (Fsp3) is 0.412. The molecule has 1 atom stereocenters. The third-order valence-corrected chi connectivity index (χ3v) is 3.46. The summed E-state index contributed by atoms with van der Waals surface area (Å²) < 4.78 is 2.25. The zero-order chi connectivity index (χ0) is 13.5. The van der Waals surface area contributed by atoms with Crippen molar-refractivity contribution >= 4 is 0 Å². The van der Waals surface area contributed by atoms with Crippen LogP contribution in [-0.2, 0) is 6.54 Å². The van der Waals surface area contributed by atoms with Crippen LogP contribution >= 0.6 is 0 Å². The van der Waals surface area contributed by atoms with Crippen molar-refractivity contribution in [2.45, 2.75) is 39.3 Å².